The van der Waals surface area contributed by atoms with E-state index < -0.39 is 0 Å². The molecule has 0 fully saturated rings. The topological polar surface area (TPSA) is 46.1 Å². The maximum Gasteiger partial charge on any atom is 0.259 e. The van der Waals surface area contributed by atoms with Gasteiger partial charge >= 0.3 is 0 Å². The van der Waals surface area contributed by atoms with Crippen LogP contribution in [-0.4, -0.2) is 22.4 Å². The third kappa shape index (κ3) is 2.67. The van der Waals surface area contributed by atoms with Crippen LogP contribution in [0.15, 0.2) is 67.3 Å². The molecule has 0 bridgehead atoms. The van der Waals surface area contributed by atoms with E-state index in [-0.39, 0.29) is 5.91 Å². The minimum absolute atomic E-state index is 0.00701. The molecule has 2 aromatic heterocycles. The molecule has 0 spiro atoms. The van der Waals surface area contributed by atoms with Crippen molar-refractivity contribution in [3.63, 3.8) is 0 Å². The minimum atomic E-state index is -0.00701. The van der Waals surface area contributed by atoms with Crippen LogP contribution in [0.2, 0.25) is 0 Å². The van der Waals surface area contributed by atoms with E-state index in [1.165, 1.54) is 0 Å². The SMILES string of the molecule is O=C(c1cncc(-c2ccccc2)c1)N1CCCc2cnccc21. The molecule has 0 saturated heterocycles. The van der Waals surface area contributed by atoms with Crippen LogP contribution in [0.3, 0.4) is 0 Å². The van der Waals surface area contributed by atoms with E-state index in [0.717, 1.165) is 41.8 Å². The number of nitrogens with zero attached hydrogens (tertiary/aromatic N) is 3. The molecule has 0 N–H and O–H groups in total. The van der Waals surface area contributed by atoms with Gasteiger partial charge < -0.3 is 4.90 Å². The summed E-state index contributed by atoms with van der Waals surface area (Å²) in [4.78, 5) is 23.3. The van der Waals surface area contributed by atoms with Crippen molar-refractivity contribution in [1.29, 1.82) is 0 Å². The Morgan fingerprint density at radius 2 is 1.83 bits per heavy atom. The number of pyridine rings is 2. The maximum atomic E-state index is 13.0. The number of hydrogen-bond donors (Lipinski definition) is 0. The van der Waals surface area contributed by atoms with Crippen molar-refractivity contribution in [3.8, 4) is 11.1 Å². The summed E-state index contributed by atoms with van der Waals surface area (Å²) in [6.07, 6.45) is 8.95. The molecule has 1 aliphatic rings. The molecule has 0 unspecified atom stereocenters. The number of hydrogen-bond acceptors (Lipinski definition) is 3. The van der Waals surface area contributed by atoms with Crippen LogP contribution >= 0.6 is 0 Å². The number of carbonyl (C=O) groups is 1. The molecule has 0 radical (unpaired) electrons. The van der Waals surface area contributed by atoms with Crippen LogP contribution in [0.4, 0.5) is 5.69 Å². The molecule has 0 saturated carbocycles. The Labute approximate surface area is 140 Å². The first-order valence-corrected chi connectivity index (χ1v) is 8.08. The molecule has 4 nitrogen and oxygen atoms in total. The molecule has 1 aliphatic heterocycles. The molecule has 24 heavy (non-hydrogen) atoms. The molecule has 4 heteroatoms. The molecular weight excluding hydrogens is 298 g/mol. The van der Waals surface area contributed by atoms with Crippen LogP contribution in [0.25, 0.3) is 11.1 Å². The first-order valence-electron chi connectivity index (χ1n) is 8.08. The van der Waals surface area contributed by atoms with Gasteiger partial charge in [0.15, 0.2) is 0 Å². The lowest BCUT2D eigenvalue weighted by Gasteiger charge is -2.29. The van der Waals surface area contributed by atoms with Crippen molar-refractivity contribution < 1.29 is 4.79 Å². The van der Waals surface area contributed by atoms with E-state index in [4.69, 9.17) is 0 Å². The average Bonchev–Trinajstić information content (AvgIpc) is 2.68. The number of amides is 1. The summed E-state index contributed by atoms with van der Waals surface area (Å²) < 4.78 is 0. The Hall–Kier alpha value is -3.01. The summed E-state index contributed by atoms with van der Waals surface area (Å²) in [6, 6.07) is 13.8. The standard InChI is InChI=1S/C20H17N3O/c24-20(23-10-4-7-16-12-21-9-8-19(16)23)18-11-17(13-22-14-18)15-5-2-1-3-6-15/h1-3,5-6,8-9,11-14H,4,7,10H2. The van der Waals surface area contributed by atoms with Crippen molar-refractivity contribution >= 4 is 11.6 Å². The number of anilines is 1. The first kappa shape index (κ1) is 14.6. The van der Waals surface area contributed by atoms with Gasteiger partial charge in [0.1, 0.15) is 0 Å². The van der Waals surface area contributed by atoms with Gasteiger partial charge in [-0.1, -0.05) is 30.3 Å². The summed E-state index contributed by atoms with van der Waals surface area (Å²) in [5.41, 5.74) is 4.72. The van der Waals surface area contributed by atoms with E-state index in [9.17, 15) is 4.79 Å². The Kier molecular flexibility index (Phi) is 3.79. The van der Waals surface area contributed by atoms with Gasteiger partial charge in [0.25, 0.3) is 5.91 Å². The zero-order chi connectivity index (χ0) is 16.4. The lowest BCUT2D eigenvalue weighted by atomic mass is 10.0. The summed E-state index contributed by atoms with van der Waals surface area (Å²) in [7, 11) is 0. The number of aryl methyl sites for hydroxylation is 1. The molecular formula is C20H17N3O. The Bertz CT molecular complexity index is 877. The van der Waals surface area contributed by atoms with Crippen molar-refractivity contribution in [2.75, 3.05) is 11.4 Å². The van der Waals surface area contributed by atoms with E-state index in [0.29, 0.717) is 5.56 Å². The number of aromatic nitrogens is 2. The minimum Gasteiger partial charge on any atom is -0.308 e. The second-order valence-electron chi connectivity index (χ2n) is 5.89. The molecule has 118 valence electrons. The normalized spacial score (nSPS) is 13.4. The first-order chi connectivity index (χ1) is 11.8. The summed E-state index contributed by atoms with van der Waals surface area (Å²) in [5.74, 6) is -0.00701. The highest BCUT2D eigenvalue weighted by atomic mass is 16.2. The molecule has 3 aromatic rings. The average molecular weight is 315 g/mol. The lowest BCUT2D eigenvalue weighted by Crippen LogP contribution is -2.35. The molecule has 4 rings (SSSR count). The van der Waals surface area contributed by atoms with Gasteiger partial charge in [0, 0.05) is 36.9 Å². The molecule has 1 amide bonds. The lowest BCUT2D eigenvalue weighted by molar-refractivity contribution is 0.0985. The quantitative estimate of drug-likeness (QED) is 0.724. The Morgan fingerprint density at radius 3 is 2.71 bits per heavy atom. The highest BCUT2D eigenvalue weighted by Gasteiger charge is 2.24. The third-order valence-electron chi connectivity index (χ3n) is 4.33. The van der Waals surface area contributed by atoms with E-state index >= 15 is 0 Å². The fourth-order valence-electron chi connectivity index (χ4n) is 3.14. The van der Waals surface area contributed by atoms with Gasteiger partial charge in [0.05, 0.1) is 11.3 Å². The number of fused-ring (bicyclic) bond motifs is 1. The highest BCUT2D eigenvalue weighted by molar-refractivity contribution is 6.07. The van der Waals surface area contributed by atoms with Crippen LogP contribution < -0.4 is 4.90 Å². The largest absolute Gasteiger partial charge is 0.308 e. The van der Waals surface area contributed by atoms with Gasteiger partial charge in [-0.15, -0.1) is 0 Å². The zero-order valence-electron chi connectivity index (χ0n) is 13.2. The molecule has 3 heterocycles. The van der Waals surface area contributed by atoms with Gasteiger partial charge in [-0.25, -0.2) is 0 Å². The van der Waals surface area contributed by atoms with E-state index in [1.54, 1.807) is 18.6 Å². The molecule has 0 aliphatic carbocycles. The molecule has 1 aromatic carbocycles. The fourth-order valence-corrected chi connectivity index (χ4v) is 3.14. The maximum absolute atomic E-state index is 13.0. The predicted octanol–water partition coefficient (Wildman–Crippen LogP) is 3.74. The number of carbonyl (C=O) groups excluding carboxylic acids is 1. The predicted molar refractivity (Wildman–Crippen MR) is 93.9 cm³/mol. The van der Waals surface area contributed by atoms with E-state index in [2.05, 4.69) is 9.97 Å². The van der Waals surface area contributed by atoms with Crippen molar-refractivity contribution in [2.24, 2.45) is 0 Å². The van der Waals surface area contributed by atoms with Gasteiger partial charge in [-0.2, -0.15) is 0 Å². The van der Waals surface area contributed by atoms with Gasteiger partial charge in [0.2, 0.25) is 0 Å². The smallest absolute Gasteiger partial charge is 0.259 e. The number of rotatable bonds is 2. The van der Waals surface area contributed by atoms with Crippen molar-refractivity contribution in [2.45, 2.75) is 12.8 Å². The second kappa shape index (κ2) is 6.24. The monoisotopic (exact) mass is 315 g/mol. The second-order valence-corrected chi connectivity index (χ2v) is 5.89. The van der Waals surface area contributed by atoms with E-state index in [1.807, 2.05) is 53.6 Å². The van der Waals surface area contributed by atoms with Gasteiger partial charge in [-0.05, 0) is 36.1 Å². The Morgan fingerprint density at radius 1 is 0.958 bits per heavy atom. The summed E-state index contributed by atoms with van der Waals surface area (Å²) in [5, 5.41) is 0. The zero-order valence-corrected chi connectivity index (χ0v) is 13.2. The van der Waals surface area contributed by atoms with Crippen LogP contribution in [0.1, 0.15) is 22.3 Å². The highest BCUT2D eigenvalue weighted by Crippen LogP contribution is 2.28. The van der Waals surface area contributed by atoms with Crippen molar-refractivity contribution in [1.82, 2.24) is 9.97 Å². The fraction of sp³-hybridized carbons (Fsp3) is 0.150. The van der Waals surface area contributed by atoms with Crippen LogP contribution in [-0.2, 0) is 6.42 Å². The third-order valence-corrected chi connectivity index (χ3v) is 4.33. The number of benzene rings is 1. The Balaban J connectivity index is 1.69. The van der Waals surface area contributed by atoms with Crippen LogP contribution in [0.5, 0.6) is 0 Å². The van der Waals surface area contributed by atoms with Crippen LogP contribution in [0, 0.1) is 0 Å². The van der Waals surface area contributed by atoms with Crippen molar-refractivity contribution in [3.05, 3.63) is 78.4 Å². The summed E-state index contributed by atoms with van der Waals surface area (Å²) >= 11 is 0. The molecule has 0 atom stereocenters. The summed E-state index contributed by atoms with van der Waals surface area (Å²) in [6.45, 7) is 0.728. The van der Waals surface area contributed by atoms with Gasteiger partial charge in [-0.3, -0.25) is 14.8 Å².